The Morgan fingerprint density at radius 1 is 1.22 bits per heavy atom. The number of halogens is 1. The van der Waals surface area contributed by atoms with Crippen molar-refractivity contribution in [3.8, 4) is 22.8 Å². The number of hydrogen-bond donors (Lipinski definition) is 1. The van der Waals surface area contributed by atoms with Gasteiger partial charge in [0, 0.05) is 25.9 Å². The summed E-state index contributed by atoms with van der Waals surface area (Å²) in [6.45, 7) is 2.38. The van der Waals surface area contributed by atoms with Crippen LogP contribution in [0.15, 0.2) is 47.1 Å². The first-order valence-corrected chi connectivity index (χ1v) is 9.27. The lowest BCUT2D eigenvalue weighted by Crippen LogP contribution is -2.26. The van der Waals surface area contributed by atoms with Crippen molar-refractivity contribution in [3.05, 3.63) is 58.2 Å². The van der Waals surface area contributed by atoms with Gasteiger partial charge >= 0.3 is 0 Å². The third-order valence-corrected chi connectivity index (χ3v) is 4.89. The van der Waals surface area contributed by atoms with Gasteiger partial charge in [-0.05, 0) is 58.7 Å². The number of nitrogens with zero attached hydrogens (tertiary/aromatic N) is 3. The van der Waals surface area contributed by atoms with Crippen molar-refractivity contribution in [2.24, 2.45) is 12.9 Å². The predicted octanol–water partition coefficient (Wildman–Crippen LogP) is 4.06. The molecule has 0 atom stereocenters. The number of nitrogens with two attached hydrogens (primary N) is 1. The van der Waals surface area contributed by atoms with E-state index in [0.717, 1.165) is 44.0 Å². The summed E-state index contributed by atoms with van der Waals surface area (Å²) in [5.41, 5.74) is 4.74. The first-order chi connectivity index (χ1) is 12.9. The zero-order valence-corrected chi connectivity index (χ0v) is 17.4. The average Bonchev–Trinajstić information content (AvgIpc) is 2.98. The zero-order chi connectivity index (χ0) is 19.6. The van der Waals surface area contributed by atoms with Crippen LogP contribution < -0.4 is 20.3 Å². The van der Waals surface area contributed by atoms with E-state index in [2.05, 4.69) is 27.1 Å². The number of anilines is 1. The van der Waals surface area contributed by atoms with Crippen LogP contribution in [0.3, 0.4) is 0 Å². The molecule has 0 fully saturated rings. The molecule has 0 unspecified atom stereocenters. The molecule has 2 aromatic carbocycles. The second-order valence-corrected chi connectivity index (χ2v) is 7.19. The fourth-order valence-corrected chi connectivity index (χ4v) is 3.59. The third kappa shape index (κ3) is 4.09. The number of methoxy groups -OCH3 is 1. The average molecular weight is 431 g/mol. The van der Waals surface area contributed by atoms with Gasteiger partial charge in [-0.1, -0.05) is 6.07 Å². The Balaban J connectivity index is 1.85. The highest BCUT2D eigenvalue weighted by atomic mass is 79.9. The van der Waals surface area contributed by atoms with Gasteiger partial charge in [0.25, 0.3) is 0 Å². The quantitative estimate of drug-likeness (QED) is 0.471. The molecule has 0 spiro atoms. The molecular weight excluding hydrogens is 408 g/mol. The Kier molecular flexibility index (Phi) is 5.72. The van der Waals surface area contributed by atoms with Crippen molar-refractivity contribution in [3.63, 3.8) is 0 Å². The summed E-state index contributed by atoms with van der Waals surface area (Å²) in [5, 5.41) is 6.06. The molecule has 0 saturated heterocycles. The van der Waals surface area contributed by atoms with E-state index in [9.17, 15) is 0 Å². The Labute approximate surface area is 167 Å². The molecule has 1 aromatic heterocycles. The van der Waals surface area contributed by atoms with E-state index in [1.54, 1.807) is 23.8 Å². The highest BCUT2D eigenvalue weighted by Gasteiger charge is 2.14. The molecule has 3 aromatic rings. The molecule has 0 saturated carbocycles. The van der Waals surface area contributed by atoms with Crippen LogP contribution in [0.4, 0.5) is 5.69 Å². The van der Waals surface area contributed by atoms with Crippen LogP contribution in [0.1, 0.15) is 11.1 Å². The number of rotatable bonds is 6. The van der Waals surface area contributed by atoms with Crippen LogP contribution in [-0.2, 0) is 13.7 Å². The number of aromatic nitrogens is 2. The lowest BCUT2D eigenvalue weighted by molar-refractivity contribution is 0.295. The molecule has 0 aliphatic rings. The molecule has 0 radical (unpaired) electrons. The molecule has 27 heavy (non-hydrogen) atoms. The number of aryl methyl sites for hydroxylation is 2. The van der Waals surface area contributed by atoms with Crippen molar-refractivity contribution >= 4 is 21.6 Å². The standard InChI is InChI=1S/C20H23BrN4O2/c1-13-10-14(20-16(21)11-24(2)23-20)8-9-18(13)27-12-15-17(25(3)22)6-5-7-19(15)26-4/h5-11H,12,22H2,1-4H3. The lowest BCUT2D eigenvalue weighted by atomic mass is 10.1. The normalized spacial score (nSPS) is 10.7. The van der Waals surface area contributed by atoms with Gasteiger partial charge in [0.15, 0.2) is 0 Å². The molecule has 7 heteroatoms. The molecule has 3 rings (SSSR count). The monoisotopic (exact) mass is 430 g/mol. The molecule has 0 aliphatic heterocycles. The SMILES string of the molecule is COc1cccc(N(C)N)c1COc1ccc(-c2nn(C)cc2Br)cc1C. The van der Waals surface area contributed by atoms with Gasteiger partial charge in [-0.3, -0.25) is 4.68 Å². The molecule has 0 bridgehead atoms. The first kappa shape index (κ1) is 19.3. The maximum Gasteiger partial charge on any atom is 0.127 e. The van der Waals surface area contributed by atoms with Gasteiger partial charge in [0.1, 0.15) is 23.8 Å². The second kappa shape index (κ2) is 8.02. The second-order valence-electron chi connectivity index (χ2n) is 6.34. The van der Waals surface area contributed by atoms with E-state index in [1.807, 2.05) is 50.5 Å². The maximum absolute atomic E-state index is 6.08. The zero-order valence-electron chi connectivity index (χ0n) is 15.9. The Morgan fingerprint density at radius 3 is 2.59 bits per heavy atom. The summed E-state index contributed by atoms with van der Waals surface area (Å²) < 4.78 is 14.3. The molecular formula is C20H23BrN4O2. The summed E-state index contributed by atoms with van der Waals surface area (Å²) in [7, 11) is 5.34. The minimum absolute atomic E-state index is 0.356. The van der Waals surface area contributed by atoms with E-state index in [-0.39, 0.29) is 0 Å². The van der Waals surface area contributed by atoms with E-state index in [0.29, 0.717) is 6.61 Å². The van der Waals surface area contributed by atoms with Crippen molar-refractivity contribution in [2.75, 3.05) is 19.2 Å². The van der Waals surface area contributed by atoms with E-state index in [4.69, 9.17) is 15.3 Å². The molecule has 0 amide bonds. The fourth-order valence-electron chi connectivity index (χ4n) is 2.98. The smallest absolute Gasteiger partial charge is 0.127 e. The van der Waals surface area contributed by atoms with Gasteiger partial charge in [-0.15, -0.1) is 0 Å². The highest BCUT2D eigenvalue weighted by Crippen LogP contribution is 2.32. The molecule has 0 aliphatic carbocycles. The first-order valence-electron chi connectivity index (χ1n) is 8.48. The molecule has 1 heterocycles. The third-order valence-electron chi connectivity index (χ3n) is 4.31. The maximum atomic E-state index is 6.08. The van der Waals surface area contributed by atoms with E-state index < -0.39 is 0 Å². The summed E-state index contributed by atoms with van der Waals surface area (Å²) in [5.74, 6) is 7.50. The number of hydrogen-bond acceptors (Lipinski definition) is 5. The number of hydrazine groups is 1. The minimum atomic E-state index is 0.356. The van der Waals surface area contributed by atoms with Gasteiger partial charge in [-0.25, -0.2) is 5.84 Å². The molecule has 142 valence electrons. The lowest BCUT2D eigenvalue weighted by Gasteiger charge is -2.20. The van der Waals surface area contributed by atoms with Crippen LogP contribution in [0.25, 0.3) is 11.3 Å². The fraction of sp³-hybridized carbons (Fsp3) is 0.250. The summed E-state index contributed by atoms with van der Waals surface area (Å²) in [6, 6.07) is 11.8. The molecule has 2 N–H and O–H groups in total. The summed E-state index contributed by atoms with van der Waals surface area (Å²) in [6.07, 6.45) is 1.93. The topological polar surface area (TPSA) is 65.5 Å². The Hall–Kier alpha value is -2.51. The summed E-state index contributed by atoms with van der Waals surface area (Å²) in [4.78, 5) is 0. The largest absolute Gasteiger partial charge is 0.496 e. The van der Waals surface area contributed by atoms with Gasteiger partial charge in [0.2, 0.25) is 0 Å². The Bertz CT molecular complexity index is 953. The van der Waals surface area contributed by atoms with Crippen LogP contribution in [-0.4, -0.2) is 23.9 Å². The predicted molar refractivity (Wildman–Crippen MR) is 111 cm³/mol. The van der Waals surface area contributed by atoms with Crippen molar-refractivity contribution < 1.29 is 9.47 Å². The van der Waals surface area contributed by atoms with Crippen LogP contribution in [0, 0.1) is 6.92 Å². The van der Waals surface area contributed by atoms with Gasteiger partial charge in [-0.2, -0.15) is 5.10 Å². The van der Waals surface area contributed by atoms with Crippen LogP contribution in [0.5, 0.6) is 11.5 Å². The van der Waals surface area contributed by atoms with Crippen molar-refractivity contribution in [1.82, 2.24) is 9.78 Å². The summed E-state index contributed by atoms with van der Waals surface area (Å²) >= 11 is 3.55. The van der Waals surface area contributed by atoms with Crippen LogP contribution >= 0.6 is 15.9 Å². The number of benzene rings is 2. The van der Waals surface area contributed by atoms with Gasteiger partial charge < -0.3 is 14.5 Å². The van der Waals surface area contributed by atoms with Gasteiger partial charge in [0.05, 0.1) is 22.8 Å². The number of ether oxygens (including phenoxy) is 2. The minimum Gasteiger partial charge on any atom is -0.496 e. The Morgan fingerprint density at radius 2 is 2.00 bits per heavy atom. The van der Waals surface area contributed by atoms with E-state index in [1.165, 1.54) is 0 Å². The van der Waals surface area contributed by atoms with E-state index >= 15 is 0 Å². The highest BCUT2D eigenvalue weighted by molar-refractivity contribution is 9.10. The van der Waals surface area contributed by atoms with Crippen LogP contribution in [0.2, 0.25) is 0 Å². The van der Waals surface area contributed by atoms with Crippen molar-refractivity contribution in [2.45, 2.75) is 13.5 Å². The molecule has 6 nitrogen and oxygen atoms in total. The van der Waals surface area contributed by atoms with Crippen molar-refractivity contribution in [1.29, 1.82) is 0 Å².